The number of halogens is 1. The molecule has 21 heavy (non-hydrogen) atoms. The van der Waals surface area contributed by atoms with Crippen molar-refractivity contribution in [2.24, 2.45) is 0 Å². The van der Waals surface area contributed by atoms with Gasteiger partial charge in [-0.3, -0.25) is 9.59 Å². The zero-order chi connectivity index (χ0) is 15.4. The third-order valence-electron chi connectivity index (χ3n) is 3.75. The number of carbonyl (C=O) groups excluding carboxylic acids is 2. The molecule has 1 N–H and O–H groups in total. The molecule has 1 fully saturated rings. The topological polar surface area (TPSA) is 64.6 Å². The molecule has 1 aromatic rings. The first kappa shape index (κ1) is 16.0. The molecule has 0 radical (unpaired) electrons. The molecular weight excluding hydrogens is 338 g/mol. The van der Waals surface area contributed by atoms with E-state index in [-0.39, 0.29) is 24.0 Å². The lowest BCUT2D eigenvalue weighted by molar-refractivity contribution is -0.145. The average Bonchev–Trinajstić information content (AvgIpc) is 2.98. The van der Waals surface area contributed by atoms with Crippen molar-refractivity contribution in [1.82, 2.24) is 5.32 Å². The van der Waals surface area contributed by atoms with E-state index in [1.54, 1.807) is 0 Å². The molecule has 1 saturated heterocycles. The van der Waals surface area contributed by atoms with Crippen molar-refractivity contribution in [2.45, 2.75) is 30.8 Å². The van der Waals surface area contributed by atoms with Gasteiger partial charge in [-0.25, -0.2) is 0 Å². The maximum absolute atomic E-state index is 12.1. The lowest BCUT2D eigenvalue weighted by Gasteiger charge is -2.22. The summed E-state index contributed by atoms with van der Waals surface area (Å²) in [6.07, 6.45) is 1.37. The Bertz CT molecular complexity index is 517. The maximum Gasteiger partial charge on any atom is 0.322 e. The second-order valence-electron chi connectivity index (χ2n) is 4.98. The van der Waals surface area contributed by atoms with E-state index in [1.165, 1.54) is 14.2 Å². The van der Waals surface area contributed by atoms with E-state index in [1.807, 2.05) is 24.3 Å². The van der Waals surface area contributed by atoms with Crippen molar-refractivity contribution in [3.8, 4) is 0 Å². The SMILES string of the molecule is COC(=O)[C@@H]1CC[C@@H]([C@H](C(=O)OC)c2ccc(Br)cc2)N1. The molecule has 0 spiro atoms. The van der Waals surface area contributed by atoms with E-state index in [0.717, 1.165) is 16.5 Å². The van der Waals surface area contributed by atoms with Crippen molar-refractivity contribution in [3.63, 3.8) is 0 Å². The Hall–Kier alpha value is -1.40. The molecule has 1 aliphatic rings. The van der Waals surface area contributed by atoms with Crippen molar-refractivity contribution < 1.29 is 19.1 Å². The van der Waals surface area contributed by atoms with Crippen LogP contribution in [-0.4, -0.2) is 38.2 Å². The summed E-state index contributed by atoms with van der Waals surface area (Å²) < 4.78 is 10.6. The number of rotatable bonds is 4. The van der Waals surface area contributed by atoms with E-state index in [4.69, 9.17) is 9.47 Å². The fraction of sp³-hybridized carbons (Fsp3) is 0.467. The molecule has 0 aromatic heterocycles. The number of hydrogen-bond acceptors (Lipinski definition) is 5. The summed E-state index contributed by atoms with van der Waals surface area (Å²) in [5, 5.41) is 3.18. The molecule has 1 heterocycles. The van der Waals surface area contributed by atoms with Crippen LogP contribution < -0.4 is 5.32 Å². The first-order chi connectivity index (χ1) is 10.1. The summed E-state index contributed by atoms with van der Waals surface area (Å²) in [5.41, 5.74) is 0.869. The van der Waals surface area contributed by atoms with Crippen LogP contribution in [0.1, 0.15) is 24.3 Å². The highest BCUT2D eigenvalue weighted by molar-refractivity contribution is 9.10. The van der Waals surface area contributed by atoms with E-state index in [2.05, 4.69) is 21.2 Å². The van der Waals surface area contributed by atoms with Crippen LogP contribution >= 0.6 is 15.9 Å². The van der Waals surface area contributed by atoms with Crippen LogP contribution in [-0.2, 0) is 19.1 Å². The van der Waals surface area contributed by atoms with Crippen LogP contribution in [0.25, 0.3) is 0 Å². The largest absolute Gasteiger partial charge is 0.469 e. The fourth-order valence-corrected chi connectivity index (χ4v) is 2.96. The van der Waals surface area contributed by atoms with Crippen LogP contribution in [0.3, 0.4) is 0 Å². The summed E-state index contributed by atoms with van der Waals surface area (Å²) in [4.78, 5) is 23.7. The van der Waals surface area contributed by atoms with Gasteiger partial charge in [-0.2, -0.15) is 0 Å². The monoisotopic (exact) mass is 355 g/mol. The van der Waals surface area contributed by atoms with Gasteiger partial charge in [0.2, 0.25) is 0 Å². The van der Waals surface area contributed by atoms with Crippen LogP contribution in [0.2, 0.25) is 0 Å². The van der Waals surface area contributed by atoms with Gasteiger partial charge in [-0.1, -0.05) is 28.1 Å². The lowest BCUT2D eigenvalue weighted by Crippen LogP contribution is -2.41. The van der Waals surface area contributed by atoms with Crippen molar-refractivity contribution in [2.75, 3.05) is 14.2 Å². The third-order valence-corrected chi connectivity index (χ3v) is 4.28. The Morgan fingerprint density at radius 1 is 1.19 bits per heavy atom. The number of benzene rings is 1. The highest BCUT2D eigenvalue weighted by Crippen LogP contribution is 2.29. The van der Waals surface area contributed by atoms with E-state index >= 15 is 0 Å². The Morgan fingerprint density at radius 2 is 1.86 bits per heavy atom. The van der Waals surface area contributed by atoms with Gasteiger partial charge in [-0.15, -0.1) is 0 Å². The molecule has 1 aromatic carbocycles. The number of ether oxygens (including phenoxy) is 2. The lowest BCUT2D eigenvalue weighted by atomic mass is 9.90. The quantitative estimate of drug-likeness (QED) is 0.836. The van der Waals surface area contributed by atoms with Gasteiger partial charge >= 0.3 is 11.9 Å². The molecule has 3 atom stereocenters. The van der Waals surface area contributed by atoms with E-state index in [9.17, 15) is 9.59 Å². The summed E-state index contributed by atoms with van der Waals surface area (Å²) in [5.74, 6) is -1.03. The molecule has 2 rings (SSSR count). The standard InChI is InChI=1S/C15H18BrNO4/c1-20-14(18)12-8-7-11(17-12)13(15(19)21-2)9-3-5-10(16)6-4-9/h3-6,11-13,17H,7-8H2,1-2H3/t11-,12-,13+/m0/s1. The molecular formula is C15H18BrNO4. The molecule has 1 aliphatic heterocycles. The summed E-state index contributed by atoms with van der Waals surface area (Å²) in [7, 11) is 2.74. The van der Waals surface area contributed by atoms with Gasteiger partial charge in [0.15, 0.2) is 0 Å². The summed E-state index contributed by atoms with van der Waals surface area (Å²) in [6.45, 7) is 0. The minimum Gasteiger partial charge on any atom is -0.469 e. The minimum absolute atomic E-state index is 0.136. The Labute approximate surface area is 132 Å². The highest BCUT2D eigenvalue weighted by Gasteiger charge is 2.38. The molecule has 0 bridgehead atoms. The molecule has 0 aliphatic carbocycles. The zero-order valence-electron chi connectivity index (χ0n) is 12.0. The predicted octanol–water partition coefficient (Wildman–Crippen LogP) is 2.00. The Balaban J connectivity index is 2.20. The van der Waals surface area contributed by atoms with Crippen LogP contribution in [0.5, 0.6) is 0 Å². The number of esters is 2. The van der Waals surface area contributed by atoms with Gasteiger partial charge in [-0.05, 0) is 30.5 Å². The fourth-order valence-electron chi connectivity index (χ4n) is 2.69. The maximum atomic E-state index is 12.1. The third kappa shape index (κ3) is 3.63. The number of methoxy groups -OCH3 is 2. The molecule has 0 saturated carbocycles. The average molecular weight is 356 g/mol. The molecule has 6 heteroatoms. The van der Waals surface area contributed by atoms with Gasteiger partial charge in [0.05, 0.1) is 20.1 Å². The van der Waals surface area contributed by atoms with E-state index < -0.39 is 5.92 Å². The summed E-state index contributed by atoms with van der Waals surface area (Å²) >= 11 is 3.38. The molecule has 0 unspecified atom stereocenters. The Kier molecular flexibility index (Phi) is 5.36. The number of carbonyl (C=O) groups is 2. The minimum atomic E-state index is -0.433. The zero-order valence-corrected chi connectivity index (χ0v) is 13.6. The second-order valence-corrected chi connectivity index (χ2v) is 5.89. The van der Waals surface area contributed by atoms with Crippen LogP contribution in [0.4, 0.5) is 0 Å². The first-order valence-corrected chi connectivity index (χ1v) is 7.53. The van der Waals surface area contributed by atoms with Crippen molar-refractivity contribution >= 4 is 27.9 Å². The molecule has 0 amide bonds. The second kappa shape index (κ2) is 7.04. The van der Waals surface area contributed by atoms with Gasteiger partial charge < -0.3 is 14.8 Å². The number of hydrogen-bond donors (Lipinski definition) is 1. The smallest absolute Gasteiger partial charge is 0.322 e. The van der Waals surface area contributed by atoms with Gasteiger partial charge in [0, 0.05) is 10.5 Å². The van der Waals surface area contributed by atoms with E-state index in [0.29, 0.717) is 6.42 Å². The van der Waals surface area contributed by atoms with Gasteiger partial charge in [0.1, 0.15) is 6.04 Å². The normalized spacial score (nSPS) is 22.6. The summed E-state index contributed by atoms with van der Waals surface area (Å²) in [6, 6.07) is 7.05. The first-order valence-electron chi connectivity index (χ1n) is 6.74. The predicted molar refractivity (Wildman–Crippen MR) is 80.9 cm³/mol. The van der Waals surface area contributed by atoms with Crippen LogP contribution in [0, 0.1) is 0 Å². The molecule has 5 nitrogen and oxygen atoms in total. The number of nitrogens with one attached hydrogen (secondary N) is 1. The molecule has 114 valence electrons. The van der Waals surface area contributed by atoms with Crippen LogP contribution in [0.15, 0.2) is 28.7 Å². The van der Waals surface area contributed by atoms with Crippen molar-refractivity contribution in [1.29, 1.82) is 0 Å². The van der Waals surface area contributed by atoms with Gasteiger partial charge in [0.25, 0.3) is 0 Å². The van der Waals surface area contributed by atoms with Crippen molar-refractivity contribution in [3.05, 3.63) is 34.3 Å². The Morgan fingerprint density at radius 3 is 2.43 bits per heavy atom. The highest BCUT2D eigenvalue weighted by atomic mass is 79.9.